The fourth-order valence-corrected chi connectivity index (χ4v) is 3.00. The van der Waals surface area contributed by atoms with E-state index in [1.54, 1.807) is 37.4 Å². The summed E-state index contributed by atoms with van der Waals surface area (Å²) in [5, 5.41) is 12.5. The number of carbonyl (C=O) groups excluding carboxylic acids is 1. The molecule has 1 saturated heterocycles. The molecule has 1 aliphatic rings. The number of pyridine rings is 1. The van der Waals surface area contributed by atoms with E-state index >= 15 is 0 Å². The Balaban J connectivity index is 1.85. The smallest absolute Gasteiger partial charge is 0.438 e. The first kappa shape index (κ1) is 22.8. The lowest BCUT2D eigenvalue weighted by atomic mass is 9.76. The first-order chi connectivity index (χ1) is 14.7. The molecule has 0 aliphatic carbocycles. The van der Waals surface area contributed by atoms with E-state index < -0.39 is 18.3 Å². The molecule has 3 rings (SSSR count). The number of methoxy groups -OCH3 is 1. The van der Waals surface area contributed by atoms with Gasteiger partial charge >= 0.3 is 7.12 Å². The summed E-state index contributed by atoms with van der Waals surface area (Å²) in [6.45, 7) is 8.89. The number of ether oxygens (including phenoxy) is 2. The highest BCUT2D eigenvalue weighted by atomic mass is 16.7. The van der Waals surface area contributed by atoms with E-state index in [0.717, 1.165) is 6.29 Å². The maximum Gasteiger partial charge on any atom is 0.495 e. The number of nitriles is 1. The molecule has 1 aromatic carbocycles. The molecule has 162 valence electrons. The van der Waals surface area contributed by atoms with Crippen LogP contribution in [0.1, 0.15) is 43.6 Å². The number of anilines is 1. The molecular formula is C22H26BN3O5. The van der Waals surface area contributed by atoms with E-state index in [0.29, 0.717) is 35.7 Å². The molecule has 2 heterocycles. The molecule has 1 fully saturated rings. The van der Waals surface area contributed by atoms with Crippen molar-refractivity contribution in [1.29, 1.82) is 5.26 Å². The second kappa shape index (κ2) is 9.06. The van der Waals surface area contributed by atoms with Crippen molar-refractivity contribution >= 4 is 24.7 Å². The van der Waals surface area contributed by atoms with Gasteiger partial charge in [-0.2, -0.15) is 10.2 Å². The number of hydrogen-bond acceptors (Lipinski definition) is 8. The minimum absolute atomic E-state index is 0.144. The Morgan fingerprint density at radius 2 is 1.90 bits per heavy atom. The third kappa shape index (κ3) is 4.88. The molecule has 0 unspecified atom stereocenters. The molecule has 31 heavy (non-hydrogen) atoms. The van der Waals surface area contributed by atoms with Crippen LogP contribution in [0.4, 0.5) is 5.82 Å². The number of aromatic nitrogens is 1. The largest absolute Gasteiger partial charge is 0.495 e. The van der Waals surface area contributed by atoms with Crippen molar-refractivity contribution in [2.75, 3.05) is 25.6 Å². The van der Waals surface area contributed by atoms with Gasteiger partial charge in [0.25, 0.3) is 0 Å². The average Bonchev–Trinajstić information content (AvgIpc) is 2.95. The van der Waals surface area contributed by atoms with Gasteiger partial charge in [0.05, 0.1) is 17.8 Å². The van der Waals surface area contributed by atoms with E-state index in [1.807, 2.05) is 27.7 Å². The highest BCUT2D eigenvalue weighted by Gasteiger charge is 2.52. The van der Waals surface area contributed by atoms with Crippen molar-refractivity contribution in [2.24, 2.45) is 0 Å². The molecule has 1 aliphatic heterocycles. The summed E-state index contributed by atoms with van der Waals surface area (Å²) in [7, 11) is 0.945. The summed E-state index contributed by atoms with van der Waals surface area (Å²) < 4.78 is 23.0. The highest BCUT2D eigenvalue weighted by molar-refractivity contribution is 6.63. The van der Waals surface area contributed by atoms with Crippen LogP contribution >= 0.6 is 0 Å². The third-order valence-corrected chi connectivity index (χ3v) is 5.50. The standard InChI is InChI=1S/C22H26BN3O5/c1-21(2)22(3,4)31-23(30-21)18-8-7-17(12-16(18)14-27)29-20-15(13-24)6-9-19(26-20)25-10-11-28-5/h6-9,12,14H,10-11H2,1-5H3,(H,25,26). The van der Waals surface area contributed by atoms with Gasteiger partial charge in [-0.1, -0.05) is 6.07 Å². The molecule has 1 aromatic heterocycles. The quantitative estimate of drug-likeness (QED) is 0.393. The van der Waals surface area contributed by atoms with Gasteiger partial charge in [0.2, 0.25) is 5.88 Å². The Morgan fingerprint density at radius 1 is 1.19 bits per heavy atom. The van der Waals surface area contributed by atoms with Gasteiger partial charge in [0.15, 0.2) is 0 Å². The van der Waals surface area contributed by atoms with E-state index in [4.69, 9.17) is 18.8 Å². The van der Waals surface area contributed by atoms with Crippen LogP contribution in [-0.4, -0.2) is 49.9 Å². The molecule has 0 bridgehead atoms. The first-order valence-corrected chi connectivity index (χ1v) is 9.97. The normalized spacial score (nSPS) is 16.6. The maximum absolute atomic E-state index is 11.8. The molecule has 8 nitrogen and oxygen atoms in total. The number of nitrogens with one attached hydrogen (secondary N) is 1. The Bertz CT molecular complexity index is 987. The zero-order valence-corrected chi connectivity index (χ0v) is 18.4. The van der Waals surface area contributed by atoms with E-state index in [-0.39, 0.29) is 11.4 Å². The predicted octanol–water partition coefficient (Wildman–Crippen LogP) is 2.92. The van der Waals surface area contributed by atoms with Gasteiger partial charge in [-0.15, -0.1) is 0 Å². The molecular weight excluding hydrogens is 397 g/mol. The Morgan fingerprint density at radius 3 is 2.52 bits per heavy atom. The van der Waals surface area contributed by atoms with Crippen LogP contribution in [0.15, 0.2) is 30.3 Å². The summed E-state index contributed by atoms with van der Waals surface area (Å²) in [4.78, 5) is 16.1. The number of benzene rings is 1. The molecule has 2 aromatic rings. The molecule has 0 spiro atoms. The van der Waals surface area contributed by atoms with Crippen LogP contribution in [0.25, 0.3) is 0 Å². The van der Waals surface area contributed by atoms with Gasteiger partial charge in [0.1, 0.15) is 29.5 Å². The summed E-state index contributed by atoms with van der Waals surface area (Å²) >= 11 is 0. The van der Waals surface area contributed by atoms with Crippen LogP contribution < -0.4 is 15.5 Å². The van der Waals surface area contributed by atoms with E-state index in [9.17, 15) is 10.1 Å². The van der Waals surface area contributed by atoms with Gasteiger partial charge in [-0.05, 0) is 57.4 Å². The van der Waals surface area contributed by atoms with Crippen molar-refractivity contribution in [2.45, 2.75) is 38.9 Å². The SMILES string of the molecule is COCCNc1ccc(C#N)c(Oc2ccc(B3OC(C)(C)C(C)(C)O3)c(C=O)c2)n1. The van der Waals surface area contributed by atoms with Crippen molar-refractivity contribution in [3.8, 4) is 17.7 Å². The minimum Gasteiger partial charge on any atom is -0.438 e. The third-order valence-electron chi connectivity index (χ3n) is 5.50. The summed E-state index contributed by atoms with van der Waals surface area (Å²) in [6.07, 6.45) is 0.731. The van der Waals surface area contributed by atoms with Crippen LogP contribution in [-0.2, 0) is 14.0 Å². The number of aldehydes is 1. The molecule has 0 atom stereocenters. The lowest BCUT2D eigenvalue weighted by Gasteiger charge is -2.32. The minimum atomic E-state index is -0.666. The van der Waals surface area contributed by atoms with Crippen LogP contribution in [0.3, 0.4) is 0 Å². The van der Waals surface area contributed by atoms with Crippen LogP contribution in [0, 0.1) is 11.3 Å². The fourth-order valence-electron chi connectivity index (χ4n) is 3.00. The lowest BCUT2D eigenvalue weighted by molar-refractivity contribution is 0.00578. The lowest BCUT2D eigenvalue weighted by Crippen LogP contribution is -2.41. The number of rotatable bonds is 8. The molecule has 0 amide bonds. The summed E-state index contributed by atoms with van der Waals surface area (Å²) in [5.74, 6) is 1.07. The maximum atomic E-state index is 11.8. The first-order valence-electron chi connectivity index (χ1n) is 9.97. The second-order valence-corrected chi connectivity index (χ2v) is 8.18. The highest BCUT2D eigenvalue weighted by Crippen LogP contribution is 2.37. The fraction of sp³-hybridized carbons (Fsp3) is 0.409. The monoisotopic (exact) mass is 423 g/mol. The van der Waals surface area contributed by atoms with E-state index in [2.05, 4.69) is 16.4 Å². The Hall–Kier alpha value is -2.93. The molecule has 1 N–H and O–H groups in total. The van der Waals surface area contributed by atoms with Crippen molar-refractivity contribution in [3.63, 3.8) is 0 Å². The zero-order valence-electron chi connectivity index (χ0n) is 18.4. The van der Waals surface area contributed by atoms with Crippen molar-refractivity contribution in [3.05, 3.63) is 41.5 Å². The van der Waals surface area contributed by atoms with Gasteiger partial charge in [0, 0.05) is 19.2 Å². The topological polar surface area (TPSA) is 103 Å². The second-order valence-electron chi connectivity index (χ2n) is 8.18. The van der Waals surface area contributed by atoms with Gasteiger partial charge in [-0.3, -0.25) is 4.79 Å². The summed E-state index contributed by atoms with van der Waals surface area (Å²) in [6, 6.07) is 10.4. The molecule has 0 radical (unpaired) electrons. The number of hydrogen-bond donors (Lipinski definition) is 1. The van der Waals surface area contributed by atoms with Gasteiger partial charge < -0.3 is 24.1 Å². The van der Waals surface area contributed by atoms with E-state index in [1.165, 1.54) is 0 Å². The van der Waals surface area contributed by atoms with Crippen molar-refractivity contribution < 1.29 is 23.6 Å². The predicted molar refractivity (Wildman–Crippen MR) is 117 cm³/mol. The number of nitrogens with zero attached hydrogens (tertiary/aromatic N) is 2. The number of carbonyl (C=O) groups is 1. The van der Waals surface area contributed by atoms with Crippen LogP contribution in [0.2, 0.25) is 0 Å². The Labute approximate surface area is 182 Å². The van der Waals surface area contributed by atoms with Crippen LogP contribution in [0.5, 0.6) is 11.6 Å². The average molecular weight is 423 g/mol. The Kier molecular flexibility index (Phi) is 6.65. The summed E-state index contributed by atoms with van der Waals surface area (Å²) in [5.41, 5.74) is 0.234. The molecule has 0 saturated carbocycles. The zero-order chi connectivity index (χ0) is 22.6. The van der Waals surface area contributed by atoms with Gasteiger partial charge in [-0.25, -0.2) is 0 Å². The van der Waals surface area contributed by atoms with Crippen molar-refractivity contribution in [1.82, 2.24) is 4.98 Å². The molecule has 9 heteroatoms.